The van der Waals surface area contributed by atoms with Crippen LogP contribution in [0.25, 0.3) is 0 Å². The number of sulfonamides is 1. The summed E-state index contributed by atoms with van der Waals surface area (Å²) in [6.07, 6.45) is 0. The number of thiophene rings is 1. The van der Waals surface area contributed by atoms with Crippen LogP contribution >= 0.6 is 43.2 Å². The summed E-state index contributed by atoms with van der Waals surface area (Å²) in [7, 11) is -1.77. The van der Waals surface area contributed by atoms with Crippen LogP contribution < -0.4 is 0 Å². The molecule has 0 saturated carbocycles. The number of nitrogens with zero attached hydrogens (tertiary/aromatic N) is 1. The summed E-state index contributed by atoms with van der Waals surface area (Å²) in [5.74, 6) is 0. The van der Waals surface area contributed by atoms with Gasteiger partial charge in [0.05, 0.1) is 0 Å². The molecule has 0 spiro atoms. The molecule has 1 unspecified atom stereocenters. The van der Waals surface area contributed by atoms with E-state index in [1.807, 2.05) is 6.92 Å². The Morgan fingerprint density at radius 2 is 2.20 bits per heavy atom. The molecule has 0 aliphatic rings. The van der Waals surface area contributed by atoms with Gasteiger partial charge in [0.1, 0.15) is 4.21 Å². The standard InChI is InChI=1S/C8H11Br2NO2S2/c1-6(5-9)11(2)15(12,13)8-7(10)3-4-14-8/h3-4,6H,5H2,1-2H3. The molecule has 0 aromatic carbocycles. The molecule has 86 valence electrons. The second-order valence-corrected chi connectivity index (χ2v) is 7.69. The molecule has 7 heteroatoms. The van der Waals surface area contributed by atoms with E-state index in [1.165, 1.54) is 15.6 Å². The molecule has 0 radical (unpaired) electrons. The zero-order valence-corrected chi connectivity index (χ0v) is 13.1. The van der Waals surface area contributed by atoms with Gasteiger partial charge in [0, 0.05) is 22.9 Å². The lowest BCUT2D eigenvalue weighted by atomic mass is 10.4. The van der Waals surface area contributed by atoms with Gasteiger partial charge in [-0.2, -0.15) is 4.31 Å². The number of rotatable bonds is 4. The lowest BCUT2D eigenvalue weighted by Crippen LogP contribution is -2.35. The van der Waals surface area contributed by atoms with Crippen LogP contribution in [-0.4, -0.2) is 31.1 Å². The largest absolute Gasteiger partial charge is 0.253 e. The molecular weight excluding hydrogens is 366 g/mol. The summed E-state index contributed by atoms with van der Waals surface area (Å²) in [6.45, 7) is 1.85. The fourth-order valence-electron chi connectivity index (χ4n) is 0.929. The predicted molar refractivity (Wildman–Crippen MR) is 70.2 cm³/mol. The molecule has 15 heavy (non-hydrogen) atoms. The van der Waals surface area contributed by atoms with Crippen molar-refractivity contribution in [1.82, 2.24) is 4.31 Å². The van der Waals surface area contributed by atoms with Crippen LogP contribution in [0.5, 0.6) is 0 Å². The summed E-state index contributed by atoms with van der Waals surface area (Å²) >= 11 is 7.73. The fourth-order valence-corrected chi connectivity index (χ4v) is 5.39. The Morgan fingerprint density at radius 1 is 1.60 bits per heavy atom. The fraction of sp³-hybridized carbons (Fsp3) is 0.500. The monoisotopic (exact) mass is 375 g/mol. The summed E-state index contributed by atoms with van der Waals surface area (Å²) in [5.41, 5.74) is 0. The topological polar surface area (TPSA) is 37.4 Å². The average molecular weight is 377 g/mol. The SMILES string of the molecule is CC(CBr)N(C)S(=O)(=O)c1sccc1Br. The number of hydrogen-bond donors (Lipinski definition) is 0. The second kappa shape index (κ2) is 5.27. The summed E-state index contributed by atoms with van der Waals surface area (Å²) in [5, 5.41) is 2.37. The van der Waals surface area contributed by atoms with Crippen molar-refractivity contribution in [2.24, 2.45) is 0 Å². The van der Waals surface area contributed by atoms with E-state index in [2.05, 4.69) is 31.9 Å². The van der Waals surface area contributed by atoms with Gasteiger partial charge in [0.2, 0.25) is 0 Å². The zero-order valence-electron chi connectivity index (χ0n) is 8.28. The van der Waals surface area contributed by atoms with Gasteiger partial charge in [-0.1, -0.05) is 15.9 Å². The van der Waals surface area contributed by atoms with Crippen LogP contribution in [0.2, 0.25) is 0 Å². The van der Waals surface area contributed by atoms with Gasteiger partial charge in [-0.15, -0.1) is 11.3 Å². The second-order valence-electron chi connectivity index (χ2n) is 3.08. The maximum atomic E-state index is 12.1. The van der Waals surface area contributed by atoms with E-state index in [0.717, 1.165) is 0 Å². The highest BCUT2D eigenvalue weighted by molar-refractivity contribution is 9.10. The van der Waals surface area contributed by atoms with Crippen LogP contribution in [0, 0.1) is 0 Å². The number of hydrogen-bond acceptors (Lipinski definition) is 3. The quantitative estimate of drug-likeness (QED) is 0.757. The van der Waals surface area contributed by atoms with Crippen molar-refractivity contribution in [3.8, 4) is 0 Å². The van der Waals surface area contributed by atoms with Crippen molar-refractivity contribution in [2.45, 2.75) is 17.2 Å². The van der Waals surface area contributed by atoms with Gasteiger partial charge >= 0.3 is 0 Å². The van der Waals surface area contributed by atoms with Crippen molar-refractivity contribution >= 4 is 53.2 Å². The summed E-state index contributed by atoms with van der Waals surface area (Å²) in [4.78, 5) is 0. The Morgan fingerprint density at radius 3 is 2.60 bits per heavy atom. The molecule has 1 aromatic heterocycles. The highest BCUT2D eigenvalue weighted by Gasteiger charge is 2.27. The molecule has 0 saturated heterocycles. The van der Waals surface area contributed by atoms with Crippen LogP contribution in [0.15, 0.2) is 20.1 Å². The molecule has 1 atom stereocenters. The van der Waals surface area contributed by atoms with E-state index in [0.29, 0.717) is 14.0 Å². The van der Waals surface area contributed by atoms with Crippen LogP contribution in [-0.2, 0) is 10.0 Å². The third-order valence-electron chi connectivity index (χ3n) is 2.04. The maximum absolute atomic E-state index is 12.1. The summed E-state index contributed by atoms with van der Waals surface area (Å²) < 4.78 is 26.6. The van der Waals surface area contributed by atoms with Gasteiger partial charge in [-0.25, -0.2) is 8.42 Å². The minimum absolute atomic E-state index is 0.0657. The number of alkyl halides is 1. The van der Waals surface area contributed by atoms with Crippen LogP contribution in [0.4, 0.5) is 0 Å². The van der Waals surface area contributed by atoms with Crippen molar-refractivity contribution in [2.75, 3.05) is 12.4 Å². The predicted octanol–water partition coefficient (Wildman–Crippen LogP) is 2.91. The minimum atomic E-state index is -3.36. The molecule has 0 bridgehead atoms. The lowest BCUT2D eigenvalue weighted by molar-refractivity contribution is 0.417. The Kier molecular flexibility index (Phi) is 4.79. The van der Waals surface area contributed by atoms with E-state index < -0.39 is 10.0 Å². The maximum Gasteiger partial charge on any atom is 0.253 e. The van der Waals surface area contributed by atoms with E-state index in [4.69, 9.17) is 0 Å². The van der Waals surface area contributed by atoms with Gasteiger partial charge in [-0.3, -0.25) is 0 Å². The summed E-state index contributed by atoms with van der Waals surface area (Å²) in [6, 6.07) is 1.67. The number of halogens is 2. The first kappa shape index (κ1) is 13.6. The first-order chi connectivity index (χ1) is 6.91. The smallest absolute Gasteiger partial charge is 0.206 e. The molecule has 0 aliphatic carbocycles. The van der Waals surface area contributed by atoms with E-state index in [9.17, 15) is 8.42 Å². The van der Waals surface area contributed by atoms with Crippen molar-refractivity contribution in [1.29, 1.82) is 0 Å². The highest BCUT2D eigenvalue weighted by atomic mass is 79.9. The molecule has 0 N–H and O–H groups in total. The first-order valence-corrected chi connectivity index (χ1v) is 8.41. The molecule has 1 rings (SSSR count). The van der Waals surface area contributed by atoms with E-state index in [1.54, 1.807) is 18.5 Å². The Bertz CT molecular complexity index is 430. The molecule has 1 heterocycles. The van der Waals surface area contributed by atoms with Crippen LogP contribution in [0.3, 0.4) is 0 Å². The zero-order chi connectivity index (χ0) is 11.6. The molecule has 0 fully saturated rings. The Labute approximate surface area is 111 Å². The van der Waals surface area contributed by atoms with Crippen molar-refractivity contribution in [3.05, 3.63) is 15.9 Å². The average Bonchev–Trinajstić information content (AvgIpc) is 2.62. The highest BCUT2D eigenvalue weighted by Crippen LogP contribution is 2.30. The Balaban J connectivity index is 3.09. The minimum Gasteiger partial charge on any atom is -0.206 e. The normalized spacial score (nSPS) is 14.5. The van der Waals surface area contributed by atoms with Gasteiger partial charge in [-0.05, 0) is 34.3 Å². The first-order valence-electron chi connectivity index (χ1n) is 4.18. The van der Waals surface area contributed by atoms with Gasteiger partial charge < -0.3 is 0 Å². The molecule has 1 aromatic rings. The Hall–Kier alpha value is 0.570. The molecule has 3 nitrogen and oxygen atoms in total. The molecule has 0 amide bonds. The van der Waals surface area contributed by atoms with Crippen LogP contribution in [0.1, 0.15) is 6.92 Å². The van der Waals surface area contributed by atoms with Crippen molar-refractivity contribution < 1.29 is 8.42 Å². The third-order valence-corrected chi connectivity index (χ3v) is 7.60. The molecule has 0 aliphatic heterocycles. The van der Waals surface area contributed by atoms with Gasteiger partial charge in [0.15, 0.2) is 0 Å². The van der Waals surface area contributed by atoms with Gasteiger partial charge in [0.25, 0.3) is 10.0 Å². The van der Waals surface area contributed by atoms with E-state index in [-0.39, 0.29) is 6.04 Å². The third kappa shape index (κ3) is 2.82. The van der Waals surface area contributed by atoms with E-state index >= 15 is 0 Å². The lowest BCUT2D eigenvalue weighted by Gasteiger charge is -2.21. The molecular formula is C8H11Br2NO2S2. The van der Waals surface area contributed by atoms with Crippen molar-refractivity contribution in [3.63, 3.8) is 0 Å².